The van der Waals surface area contributed by atoms with Crippen LogP contribution in [-0.2, 0) is 19.5 Å². The van der Waals surface area contributed by atoms with Crippen LogP contribution in [0.5, 0.6) is 0 Å². The van der Waals surface area contributed by atoms with Gasteiger partial charge in [0.05, 0.1) is 53.8 Å². The lowest BCUT2D eigenvalue weighted by atomic mass is 10.1. The van der Waals surface area contributed by atoms with E-state index < -0.39 is 14.9 Å². The molecule has 3 heterocycles. The number of hydrogen-bond donors (Lipinski definition) is 1. The average molecular weight is 559 g/mol. The Balaban J connectivity index is 1.46. The molecule has 0 saturated carbocycles. The van der Waals surface area contributed by atoms with E-state index in [0.717, 1.165) is 40.4 Å². The fourth-order valence-electron chi connectivity index (χ4n) is 4.12. The summed E-state index contributed by atoms with van der Waals surface area (Å²) in [7, 11) is -4.02. The summed E-state index contributed by atoms with van der Waals surface area (Å²) in [6.07, 6.45) is 1.59. The summed E-state index contributed by atoms with van der Waals surface area (Å²) in [6.45, 7) is 3.59. The van der Waals surface area contributed by atoms with E-state index in [-0.39, 0.29) is 42.6 Å². The summed E-state index contributed by atoms with van der Waals surface area (Å²) >= 11 is 1.48. The summed E-state index contributed by atoms with van der Waals surface area (Å²) in [5, 5.41) is 16.6. The van der Waals surface area contributed by atoms with Crippen LogP contribution in [0.25, 0.3) is 11.3 Å². The molecule has 0 spiro atoms. The van der Waals surface area contributed by atoms with Gasteiger partial charge < -0.3 is 14.4 Å². The van der Waals surface area contributed by atoms with Crippen molar-refractivity contribution in [1.29, 1.82) is 0 Å². The fraction of sp³-hybridized carbons (Fsp3) is 0.333. The van der Waals surface area contributed by atoms with Crippen molar-refractivity contribution in [1.82, 2.24) is 9.29 Å². The lowest BCUT2D eigenvalue weighted by Crippen LogP contribution is -2.40. The summed E-state index contributed by atoms with van der Waals surface area (Å²) in [4.78, 5) is 18.3. The average Bonchev–Trinajstić information content (AvgIpc) is 3.38. The van der Waals surface area contributed by atoms with Crippen LogP contribution in [0, 0.1) is 10.1 Å². The Kier molecular flexibility index (Phi) is 7.95. The van der Waals surface area contributed by atoms with E-state index in [4.69, 9.17) is 14.5 Å². The number of nitrogens with zero attached hydrogens (tertiary/aromatic N) is 5. The van der Waals surface area contributed by atoms with E-state index in [2.05, 4.69) is 15.4 Å². The van der Waals surface area contributed by atoms with Gasteiger partial charge in [-0.1, -0.05) is 41.7 Å². The number of ether oxygens (including phenoxy) is 2. The van der Waals surface area contributed by atoms with Gasteiger partial charge in [0.25, 0.3) is 5.69 Å². The third kappa shape index (κ3) is 5.68. The molecular weight excluding hydrogens is 532 g/mol. The Bertz CT molecular complexity index is 1420. The molecule has 2 aliphatic rings. The van der Waals surface area contributed by atoms with E-state index in [9.17, 15) is 18.5 Å². The Morgan fingerprint density at radius 2 is 1.71 bits per heavy atom. The van der Waals surface area contributed by atoms with Crippen LogP contribution < -0.4 is 10.3 Å². The van der Waals surface area contributed by atoms with Crippen LogP contribution in [-0.4, -0.2) is 81.5 Å². The first kappa shape index (κ1) is 26.2. The van der Waals surface area contributed by atoms with Crippen molar-refractivity contribution in [2.75, 3.05) is 62.9 Å². The number of non-ortho nitro benzene ring substituents is 1. The minimum Gasteiger partial charge on any atom is -0.379 e. The minimum atomic E-state index is -4.02. The van der Waals surface area contributed by atoms with E-state index in [0.29, 0.717) is 13.2 Å². The topological polar surface area (TPSA) is 140 Å². The van der Waals surface area contributed by atoms with Gasteiger partial charge in [0, 0.05) is 43.9 Å². The Morgan fingerprint density at radius 3 is 2.39 bits per heavy atom. The fourth-order valence-corrected chi connectivity index (χ4v) is 6.70. The molecule has 0 atom stereocenters. The van der Waals surface area contributed by atoms with Crippen molar-refractivity contribution in [3.05, 3.63) is 63.5 Å². The second kappa shape index (κ2) is 11.5. The molecule has 2 fully saturated rings. The van der Waals surface area contributed by atoms with Gasteiger partial charge in [0.1, 0.15) is 4.90 Å². The van der Waals surface area contributed by atoms with Crippen molar-refractivity contribution in [3.63, 3.8) is 0 Å². The van der Waals surface area contributed by atoms with Gasteiger partial charge in [-0.25, -0.2) is 13.4 Å². The van der Waals surface area contributed by atoms with E-state index in [1.807, 2.05) is 30.3 Å². The van der Waals surface area contributed by atoms with Gasteiger partial charge in [-0.3, -0.25) is 15.5 Å². The molecule has 0 aliphatic carbocycles. The number of benzene rings is 2. The molecule has 0 bridgehead atoms. The third-order valence-electron chi connectivity index (χ3n) is 6.10. The standard InChI is InChI=1S/C24H26N6O6S2/c31-30(32)19-6-7-20(22(16-19)38(33,34)29-10-14-36-15-11-29)27-25-17-21-23(18-4-2-1-3-5-18)26-24(37-21)28-8-12-35-13-9-28/h1-7,16-17,27H,8-15H2/b25-17+. The van der Waals surface area contributed by atoms with Crippen molar-refractivity contribution >= 4 is 44.1 Å². The molecule has 0 amide bonds. The highest BCUT2D eigenvalue weighted by atomic mass is 32.2. The number of sulfonamides is 1. The lowest BCUT2D eigenvalue weighted by molar-refractivity contribution is -0.385. The molecule has 5 rings (SSSR count). The number of thiazole rings is 1. The smallest absolute Gasteiger partial charge is 0.270 e. The molecule has 0 unspecified atom stereocenters. The molecule has 200 valence electrons. The molecule has 14 heteroatoms. The first-order valence-corrected chi connectivity index (χ1v) is 14.2. The zero-order chi connectivity index (χ0) is 26.5. The van der Waals surface area contributed by atoms with Gasteiger partial charge in [0.2, 0.25) is 10.0 Å². The second-order valence-corrected chi connectivity index (χ2v) is 11.4. The summed E-state index contributed by atoms with van der Waals surface area (Å²) in [5.74, 6) is 0. The van der Waals surface area contributed by atoms with Crippen LogP contribution in [0.1, 0.15) is 4.88 Å². The zero-order valence-corrected chi connectivity index (χ0v) is 22.0. The monoisotopic (exact) mass is 558 g/mol. The largest absolute Gasteiger partial charge is 0.379 e. The molecule has 1 aromatic heterocycles. The number of hydrazone groups is 1. The van der Waals surface area contributed by atoms with Crippen LogP contribution in [0.4, 0.5) is 16.5 Å². The summed E-state index contributed by atoms with van der Waals surface area (Å²) in [6, 6.07) is 13.4. The molecule has 1 N–H and O–H groups in total. The number of rotatable bonds is 8. The normalized spacial score (nSPS) is 17.1. The van der Waals surface area contributed by atoms with Crippen LogP contribution in [0.15, 0.2) is 58.5 Å². The Hall–Kier alpha value is -3.43. The van der Waals surface area contributed by atoms with Crippen LogP contribution in [0.3, 0.4) is 0 Å². The van der Waals surface area contributed by atoms with Crippen molar-refractivity contribution in [3.8, 4) is 11.3 Å². The van der Waals surface area contributed by atoms with E-state index in [1.54, 1.807) is 6.21 Å². The number of aromatic nitrogens is 1. The van der Waals surface area contributed by atoms with Gasteiger partial charge in [-0.2, -0.15) is 9.41 Å². The van der Waals surface area contributed by atoms with Gasteiger partial charge in [-0.05, 0) is 6.07 Å². The number of nitro groups is 1. The molecule has 12 nitrogen and oxygen atoms in total. The number of nitro benzene ring substituents is 1. The molecule has 2 aliphatic heterocycles. The van der Waals surface area contributed by atoms with Crippen molar-refractivity contribution in [2.45, 2.75) is 4.90 Å². The number of nitrogens with one attached hydrogen (secondary N) is 1. The predicted octanol–water partition coefficient (Wildman–Crippen LogP) is 3.02. The third-order valence-corrected chi connectivity index (χ3v) is 9.09. The molecule has 3 aromatic rings. The maximum atomic E-state index is 13.4. The van der Waals surface area contributed by atoms with Gasteiger partial charge in [-0.15, -0.1) is 0 Å². The maximum absolute atomic E-state index is 13.4. The SMILES string of the molecule is O=[N+]([O-])c1ccc(N/N=C/c2sc(N3CCOCC3)nc2-c2ccccc2)c(S(=O)(=O)N2CCOCC2)c1. The number of morpholine rings is 2. The first-order chi connectivity index (χ1) is 18.4. The quantitative estimate of drug-likeness (QED) is 0.251. The Labute approximate surface area is 223 Å². The highest BCUT2D eigenvalue weighted by Gasteiger charge is 2.30. The second-order valence-electron chi connectivity index (χ2n) is 8.50. The molecule has 2 saturated heterocycles. The Morgan fingerprint density at radius 1 is 1.03 bits per heavy atom. The summed E-state index contributed by atoms with van der Waals surface area (Å²) in [5.41, 5.74) is 4.29. The molecular formula is C24H26N6O6S2. The first-order valence-electron chi connectivity index (χ1n) is 12.0. The van der Waals surface area contributed by atoms with E-state index >= 15 is 0 Å². The van der Waals surface area contributed by atoms with Crippen molar-refractivity contribution in [2.24, 2.45) is 5.10 Å². The molecule has 2 aromatic carbocycles. The van der Waals surface area contributed by atoms with Crippen LogP contribution >= 0.6 is 11.3 Å². The molecule has 0 radical (unpaired) electrons. The summed E-state index contributed by atoms with van der Waals surface area (Å²) < 4.78 is 38.7. The maximum Gasteiger partial charge on any atom is 0.270 e. The van der Waals surface area contributed by atoms with E-state index in [1.165, 1.54) is 27.8 Å². The molecule has 38 heavy (non-hydrogen) atoms. The van der Waals surface area contributed by atoms with Gasteiger partial charge in [0.15, 0.2) is 5.13 Å². The number of hydrogen-bond acceptors (Lipinski definition) is 11. The van der Waals surface area contributed by atoms with Crippen molar-refractivity contribution < 1.29 is 22.8 Å². The highest BCUT2D eigenvalue weighted by Crippen LogP contribution is 2.33. The number of anilines is 2. The van der Waals surface area contributed by atoms with Crippen LogP contribution in [0.2, 0.25) is 0 Å². The lowest BCUT2D eigenvalue weighted by Gasteiger charge is -2.26. The van der Waals surface area contributed by atoms with Gasteiger partial charge >= 0.3 is 0 Å². The zero-order valence-electron chi connectivity index (χ0n) is 20.4. The minimum absolute atomic E-state index is 0.137. The highest BCUT2D eigenvalue weighted by molar-refractivity contribution is 7.89. The predicted molar refractivity (Wildman–Crippen MR) is 144 cm³/mol.